The lowest BCUT2D eigenvalue weighted by atomic mass is 9.78. The molecule has 0 saturated carbocycles. The van der Waals surface area contributed by atoms with E-state index in [2.05, 4.69) is 96.8 Å². The average Bonchev–Trinajstić information content (AvgIpc) is 3.53. The van der Waals surface area contributed by atoms with E-state index in [0.29, 0.717) is 0 Å². The Bertz CT molecular complexity index is 1250. The van der Waals surface area contributed by atoms with E-state index >= 15 is 0 Å². The second kappa shape index (κ2) is 14.4. The molecule has 4 rings (SSSR count). The number of benzene rings is 2. The third-order valence-electron chi connectivity index (χ3n) is 8.40. The van der Waals surface area contributed by atoms with Crippen molar-refractivity contribution in [1.29, 1.82) is 0 Å². The molecular formula is C34H49N5. The summed E-state index contributed by atoms with van der Waals surface area (Å²) >= 11 is 0. The summed E-state index contributed by atoms with van der Waals surface area (Å²) in [4.78, 5) is 0. The number of aryl methyl sites for hydroxylation is 1. The molecule has 39 heavy (non-hydrogen) atoms. The summed E-state index contributed by atoms with van der Waals surface area (Å²) in [6, 6.07) is 19.0. The second-order valence-corrected chi connectivity index (χ2v) is 11.4. The highest BCUT2D eigenvalue weighted by molar-refractivity contribution is 5.74. The van der Waals surface area contributed by atoms with Crippen LogP contribution in [0, 0.1) is 13.8 Å². The Labute approximate surface area is 236 Å². The van der Waals surface area contributed by atoms with Crippen LogP contribution < -0.4 is 0 Å². The summed E-state index contributed by atoms with van der Waals surface area (Å²) in [6.07, 6.45) is 17.5. The van der Waals surface area contributed by atoms with Crippen molar-refractivity contribution in [1.82, 2.24) is 24.8 Å². The van der Waals surface area contributed by atoms with Gasteiger partial charge >= 0.3 is 0 Å². The number of unbranched alkanes of at least 4 members (excludes halogenated alkanes) is 10. The van der Waals surface area contributed by atoms with Crippen LogP contribution in [0.2, 0.25) is 0 Å². The second-order valence-electron chi connectivity index (χ2n) is 11.4. The predicted octanol–water partition coefficient (Wildman–Crippen LogP) is 9.48. The van der Waals surface area contributed by atoms with Gasteiger partial charge in [-0.3, -0.25) is 0 Å². The van der Waals surface area contributed by atoms with Crippen molar-refractivity contribution in [3.63, 3.8) is 0 Å². The molecule has 0 aliphatic rings. The van der Waals surface area contributed by atoms with Gasteiger partial charge in [0, 0.05) is 11.3 Å². The fraction of sp³-hybridized carbons (Fsp3) is 0.559. The smallest absolute Gasteiger partial charge is 0.113 e. The maximum Gasteiger partial charge on any atom is 0.113 e. The number of rotatable bonds is 17. The van der Waals surface area contributed by atoms with Crippen LogP contribution in [0.15, 0.2) is 54.6 Å². The van der Waals surface area contributed by atoms with Gasteiger partial charge in [0.1, 0.15) is 5.52 Å². The molecule has 0 fully saturated rings. The molecule has 210 valence electrons. The van der Waals surface area contributed by atoms with Gasteiger partial charge in [-0.1, -0.05) is 126 Å². The van der Waals surface area contributed by atoms with Crippen LogP contribution in [0.25, 0.3) is 16.7 Å². The number of hydrogen-bond acceptors (Lipinski definition) is 3. The van der Waals surface area contributed by atoms with Crippen LogP contribution in [0.5, 0.6) is 0 Å². The van der Waals surface area contributed by atoms with Gasteiger partial charge in [0.15, 0.2) is 0 Å². The standard InChI is InChI=1S/C34H49N5/c1-5-7-9-11-13-20-26-34(27-21-14-12-10-8-6-2,39-32-25-19-18-24-31(32)35-37-39)33-28(3)36-38(29(33)4)30-22-16-15-17-23-30/h15-19,22-25H,5-14,20-21,26-27H2,1-4H3. The first-order chi connectivity index (χ1) is 19.1. The first-order valence-corrected chi connectivity index (χ1v) is 15.6. The van der Waals surface area contributed by atoms with E-state index in [1.54, 1.807) is 0 Å². The fourth-order valence-corrected chi connectivity index (χ4v) is 6.41. The van der Waals surface area contributed by atoms with Gasteiger partial charge in [-0.25, -0.2) is 9.36 Å². The van der Waals surface area contributed by atoms with Crippen LogP contribution in [0.4, 0.5) is 0 Å². The van der Waals surface area contributed by atoms with Crippen molar-refractivity contribution < 1.29 is 0 Å². The molecule has 0 aliphatic heterocycles. The zero-order valence-corrected chi connectivity index (χ0v) is 24.8. The minimum absolute atomic E-state index is 0.271. The molecule has 0 aliphatic carbocycles. The van der Waals surface area contributed by atoms with E-state index in [-0.39, 0.29) is 5.54 Å². The van der Waals surface area contributed by atoms with Gasteiger partial charge in [-0.15, -0.1) is 5.10 Å². The monoisotopic (exact) mass is 527 g/mol. The minimum Gasteiger partial charge on any atom is -0.237 e. The minimum atomic E-state index is -0.271. The quantitative estimate of drug-likeness (QED) is 0.128. The molecule has 5 heteroatoms. The normalized spacial score (nSPS) is 12.0. The number of para-hydroxylation sites is 2. The summed E-state index contributed by atoms with van der Waals surface area (Å²) in [6.45, 7) is 9.02. The lowest BCUT2D eigenvalue weighted by molar-refractivity contribution is 0.256. The highest BCUT2D eigenvalue weighted by Gasteiger charge is 2.40. The van der Waals surface area contributed by atoms with Gasteiger partial charge in [0.2, 0.25) is 0 Å². The molecule has 5 nitrogen and oxygen atoms in total. The SMILES string of the molecule is CCCCCCCCC(CCCCCCCC)(c1c(C)nn(-c2ccccc2)c1C)n1nnc2ccccc21. The zero-order valence-electron chi connectivity index (χ0n) is 24.8. The summed E-state index contributed by atoms with van der Waals surface area (Å²) in [5, 5.41) is 14.7. The molecule has 0 amide bonds. The Morgan fingerprint density at radius 2 is 1.23 bits per heavy atom. The highest BCUT2D eigenvalue weighted by atomic mass is 15.5. The highest BCUT2D eigenvalue weighted by Crippen LogP contribution is 2.42. The third kappa shape index (κ3) is 6.80. The Hall–Kier alpha value is -2.95. The molecular weight excluding hydrogens is 478 g/mol. The fourth-order valence-electron chi connectivity index (χ4n) is 6.41. The van der Waals surface area contributed by atoms with Gasteiger partial charge in [0.25, 0.3) is 0 Å². The number of nitrogens with zero attached hydrogens (tertiary/aromatic N) is 5. The van der Waals surface area contributed by atoms with Crippen LogP contribution >= 0.6 is 0 Å². The van der Waals surface area contributed by atoms with Crippen LogP contribution in [0.3, 0.4) is 0 Å². The lowest BCUT2D eigenvalue weighted by Gasteiger charge is -2.36. The number of hydrogen-bond donors (Lipinski definition) is 0. The predicted molar refractivity (Wildman–Crippen MR) is 164 cm³/mol. The Morgan fingerprint density at radius 1 is 0.667 bits per heavy atom. The first kappa shape index (κ1) is 29.0. The zero-order chi connectivity index (χ0) is 27.5. The van der Waals surface area contributed by atoms with Crippen LogP contribution in [-0.4, -0.2) is 24.8 Å². The van der Waals surface area contributed by atoms with Gasteiger partial charge < -0.3 is 0 Å². The van der Waals surface area contributed by atoms with E-state index in [9.17, 15) is 0 Å². The Balaban J connectivity index is 1.78. The summed E-state index contributed by atoms with van der Waals surface area (Å²) in [7, 11) is 0. The number of fused-ring (bicyclic) bond motifs is 1. The summed E-state index contributed by atoms with van der Waals surface area (Å²) < 4.78 is 4.42. The van der Waals surface area contributed by atoms with E-state index in [1.807, 2.05) is 0 Å². The van der Waals surface area contributed by atoms with E-state index in [1.165, 1.54) is 88.3 Å². The van der Waals surface area contributed by atoms with E-state index in [4.69, 9.17) is 10.3 Å². The van der Waals surface area contributed by atoms with Crippen molar-refractivity contribution in [3.05, 3.63) is 71.5 Å². The third-order valence-corrected chi connectivity index (χ3v) is 8.40. The molecule has 0 saturated heterocycles. The molecule has 0 bridgehead atoms. The largest absolute Gasteiger partial charge is 0.237 e. The molecule has 0 N–H and O–H groups in total. The maximum absolute atomic E-state index is 5.13. The number of aromatic nitrogens is 5. The van der Waals surface area contributed by atoms with Crippen molar-refractivity contribution in [2.45, 2.75) is 123 Å². The molecule has 2 aromatic carbocycles. The molecule has 0 radical (unpaired) electrons. The van der Waals surface area contributed by atoms with Crippen LogP contribution in [-0.2, 0) is 5.54 Å². The Kier molecular flexibility index (Phi) is 10.8. The van der Waals surface area contributed by atoms with E-state index < -0.39 is 0 Å². The van der Waals surface area contributed by atoms with Crippen molar-refractivity contribution in [2.75, 3.05) is 0 Å². The maximum atomic E-state index is 5.13. The van der Waals surface area contributed by atoms with Crippen molar-refractivity contribution >= 4 is 11.0 Å². The summed E-state index contributed by atoms with van der Waals surface area (Å²) in [5.41, 5.74) is 6.60. The average molecular weight is 528 g/mol. The molecule has 2 heterocycles. The topological polar surface area (TPSA) is 48.5 Å². The molecule has 0 atom stereocenters. The van der Waals surface area contributed by atoms with Crippen molar-refractivity contribution in [2.24, 2.45) is 0 Å². The van der Waals surface area contributed by atoms with Gasteiger partial charge in [-0.05, 0) is 51.0 Å². The lowest BCUT2D eigenvalue weighted by Crippen LogP contribution is -2.37. The van der Waals surface area contributed by atoms with E-state index in [0.717, 1.165) is 35.3 Å². The van der Waals surface area contributed by atoms with Gasteiger partial charge in [-0.2, -0.15) is 5.10 Å². The van der Waals surface area contributed by atoms with Crippen molar-refractivity contribution in [3.8, 4) is 5.69 Å². The van der Waals surface area contributed by atoms with Crippen LogP contribution in [0.1, 0.15) is 121 Å². The molecule has 4 aromatic rings. The van der Waals surface area contributed by atoms with Gasteiger partial charge in [0.05, 0.1) is 22.4 Å². The summed E-state index contributed by atoms with van der Waals surface area (Å²) in [5.74, 6) is 0. The first-order valence-electron chi connectivity index (χ1n) is 15.6. The molecule has 0 unspecified atom stereocenters. The molecule has 0 spiro atoms. The molecule has 2 aromatic heterocycles. The Morgan fingerprint density at radius 3 is 1.87 bits per heavy atom.